The van der Waals surface area contributed by atoms with Gasteiger partial charge in [0.2, 0.25) is 0 Å². The standard InChI is InChI=1S/C21H38N4/c1-20(2)13-9-12-23-17-16-15(8-6-10-22-16)25(18(13)17)19-14(21(20,3)4)7-5-11-24-19/h13-19,22-24H,5-12H2,1-4H3. The van der Waals surface area contributed by atoms with Gasteiger partial charge in [-0.05, 0) is 74.4 Å². The molecule has 7 unspecified atom stereocenters. The maximum atomic E-state index is 4.02. The van der Waals surface area contributed by atoms with Crippen molar-refractivity contribution in [1.82, 2.24) is 20.9 Å². The minimum atomic E-state index is 0.375. The second kappa shape index (κ2) is 5.67. The van der Waals surface area contributed by atoms with Crippen LogP contribution in [0.2, 0.25) is 0 Å². The molecule has 25 heavy (non-hydrogen) atoms. The Hall–Kier alpha value is -0.160. The van der Waals surface area contributed by atoms with Crippen LogP contribution in [0.25, 0.3) is 0 Å². The van der Waals surface area contributed by atoms with E-state index in [-0.39, 0.29) is 0 Å². The lowest BCUT2D eigenvalue weighted by Crippen LogP contribution is -2.61. The van der Waals surface area contributed by atoms with Gasteiger partial charge in [0, 0.05) is 24.2 Å². The Kier molecular flexibility index (Phi) is 3.85. The first-order valence-corrected chi connectivity index (χ1v) is 10.9. The highest BCUT2D eigenvalue weighted by Gasteiger charge is 2.65. The van der Waals surface area contributed by atoms with Crippen molar-refractivity contribution in [3.63, 3.8) is 0 Å². The highest BCUT2D eigenvalue weighted by molar-refractivity contribution is 5.20. The van der Waals surface area contributed by atoms with Crippen molar-refractivity contribution in [2.24, 2.45) is 22.7 Å². The van der Waals surface area contributed by atoms with Crippen molar-refractivity contribution < 1.29 is 0 Å². The zero-order valence-corrected chi connectivity index (χ0v) is 16.6. The first-order valence-electron chi connectivity index (χ1n) is 10.9. The van der Waals surface area contributed by atoms with Crippen molar-refractivity contribution in [2.45, 2.75) is 90.1 Å². The van der Waals surface area contributed by atoms with Crippen LogP contribution in [0.3, 0.4) is 0 Å². The number of hydrogen-bond donors (Lipinski definition) is 3. The van der Waals surface area contributed by atoms with E-state index < -0.39 is 0 Å². The zero-order chi connectivity index (χ0) is 17.4. The second-order valence-electron chi connectivity index (χ2n) is 10.6. The number of piperidine rings is 3. The summed E-state index contributed by atoms with van der Waals surface area (Å²) in [5.74, 6) is 1.57. The molecule has 4 nitrogen and oxygen atoms in total. The van der Waals surface area contributed by atoms with Gasteiger partial charge in [-0.3, -0.25) is 4.90 Å². The van der Waals surface area contributed by atoms with Gasteiger partial charge in [0.25, 0.3) is 0 Å². The quantitative estimate of drug-likeness (QED) is 0.629. The zero-order valence-electron chi connectivity index (χ0n) is 16.6. The molecule has 5 heterocycles. The molecule has 5 rings (SSSR count). The summed E-state index contributed by atoms with van der Waals surface area (Å²) >= 11 is 0. The third-order valence-electron chi connectivity index (χ3n) is 9.46. The molecule has 0 saturated carbocycles. The van der Waals surface area contributed by atoms with Crippen molar-refractivity contribution in [2.75, 3.05) is 19.6 Å². The van der Waals surface area contributed by atoms with Crippen molar-refractivity contribution in [3.05, 3.63) is 0 Å². The molecule has 0 aliphatic carbocycles. The molecule has 5 saturated heterocycles. The van der Waals surface area contributed by atoms with Crippen molar-refractivity contribution >= 4 is 0 Å². The van der Waals surface area contributed by atoms with Crippen LogP contribution >= 0.6 is 0 Å². The molecular weight excluding hydrogens is 308 g/mol. The highest BCUT2D eigenvalue weighted by atomic mass is 15.4. The Balaban J connectivity index is 1.65. The summed E-state index contributed by atoms with van der Waals surface area (Å²) in [6.07, 6.45) is 7.38. The molecule has 7 atom stereocenters. The lowest BCUT2D eigenvalue weighted by atomic mass is 9.53. The van der Waals surface area contributed by atoms with E-state index in [0.717, 1.165) is 17.9 Å². The molecule has 142 valence electrons. The first kappa shape index (κ1) is 17.0. The molecule has 0 spiro atoms. The van der Waals surface area contributed by atoms with E-state index in [0.29, 0.717) is 35.1 Å². The van der Waals surface area contributed by atoms with E-state index in [1.807, 2.05) is 0 Å². The third-order valence-corrected chi connectivity index (χ3v) is 9.46. The lowest BCUT2D eigenvalue weighted by molar-refractivity contribution is -0.0352. The van der Waals surface area contributed by atoms with Crippen LogP contribution in [0.5, 0.6) is 0 Å². The summed E-state index contributed by atoms with van der Waals surface area (Å²) in [5, 5.41) is 11.9. The van der Waals surface area contributed by atoms with Gasteiger partial charge in [-0.2, -0.15) is 0 Å². The largest absolute Gasteiger partial charge is 0.311 e. The summed E-state index contributed by atoms with van der Waals surface area (Å²) < 4.78 is 0. The van der Waals surface area contributed by atoms with Crippen LogP contribution < -0.4 is 16.0 Å². The Morgan fingerprint density at radius 2 is 1.40 bits per heavy atom. The minimum absolute atomic E-state index is 0.375. The molecule has 3 N–H and O–H groups in total. The number of hydrogen-bond acceptors (Lipinski definition) is 4. The van der Waals surface area contributed by atoms with Crippen LogP contribution in [0.15, 0.2) is 0 Å². The fourth-order valence-corrected chi connectivity index (χ4v) is 7.57. The molecule has 0 radical (unpaired) electrons. The molecule has 5 fully saturated rings. The highest BCUT2D eigenvalue weighted by Crippen LogP contribution is 2.60. The Morgan fingerprint density at radius 3 is 2.24 bits per heavy atom. The predicted octanol–water partition coefficient (Wildman–Crippen LogP) is 2.16. The lowest BCUT2D eigenvalue weighted by Gasteiger charge is -2.54. The smallest absolute Gasteiger partial charge is 0.0637 e. The van der Waals surface area contributed by atoms with E-state index in [9.17, 15) is 0 Å². The summed E-state index contributed by atoms with van der Waals surface area (Å²) in [6.45, 7) is 14.0. The normalized spacial score (nSPS) is 51.1. The predicted molar refractivity (Wildman–Crippen MR) is 102 cm³/mol. The fraction of sp³-hybridized carbons (Fsp3) is 1.00. The number of rotatable bonds is 0. The van der Waals surface area contributed by atoms with Gasteiger partial charge in [0.1, 0.15) is 0 Å². The van der Waals surface area contributed by atoms with Crippen LogP contribution in [0.1, 0.15) is 59.8 Å². The van der Waals surface area contributed by atoms with Gasteiger partial charge in [-0.1, -0.05) is 27.7 Å². The molecule has 0 aromatic rings. The summed E-state index contributed by atoms with van der Waals surface area (Å²) in [7, 11) is 0. The number of nitrogens with one attached hydrogen (secondary N) is 3. The van der Waals surface area contributed by atoms with E-state index in [4.69, 9.17) is 0 Å². The van der Waals surface area contributed by atoms with Gasteiger partial charge in [0.05, 0.1) is 6.17 Å². The molecule has 0 amide bonds. The van der Waals surface area contributed by atoms with Gasteiger partial charge in [-0.25, -0.2) is 0 Å². The third kappa shape index (κ3) is 2.14. The first-order chi connectivity index (χ1) is 11.9. The van der Waals surface area contributed by atoms with Gasteiger partial charge in [0.15, 0.2) is 0 Å². The average molecular weight is 347 g/mol. The molecule has 0 aromatic carbocycles. The van der Waals surface area contributed by atoms with Gasteiger partial charge >= 0.3 is 0 Å². The van der Waals surface area contributed by atoms with E-state index in [1.165, 1.54) is 51.7 Å². The number of fused-ring (bicyclic) bond motifs is 5. The fourth-order valence-electron chi connectivity index (χ4n) is 7.57. The molecule has 0 bridgehead atoms. The minimum Gasteiger partial charge on any atom is -0.311 e. The molecular formula is C21H38N4. The monoisotopic (exact) mass is 346 g/mol. The maximum Gasteiger partial charge on any atom is 0.0637 e. The summed E-state index contributed by atoms with van der Waals surface area (Å²) in [5.41, 5.74) is 0.752. The molecule has 5 aliphatic rings. The summed E-state index contributed by atoms with van der Waals surface area (Å²) in [6, 6.07) is 2.72. The molecule has 5 aliphatic heterocycles. The number of nitrogens with zero attached hydrogens (tertiary/aromatic N) is 1. The van der Waals surface area contributed by atoms with Crippen LogP contribution in [-0.4, -0.2) is 54.9 Å². The molecule has 0 aromatic heterocycles. The topological polar surface area (TPSA) is 39.3 Å². The van der Waals surface area contributed by atoms with Gasteiger partial charge < -0.3 is 16.0 Å². The Bertz CT molecular complexity index is 530. The summed E-state index contributed by atoms with van der Waals surface area (Å²) in [4.78, 5) is 3.01. The Morgan fingerprint density at radius 1 is 0.720 bits per heavy atom. The maximum absolute atomic E-state index is 4.02. The molecule has 4 heteroatoms. The average Bonchev–Trinajstić information content (AvgIpc) is 2.93. The SMILES string of the molecule is CC1(C)C2CCCNC2N2C3CCCNC3C3NCCC(C32)C1(C)C. The van der Waals surface area contributed by atoms with E-state index >= 15 is 0 Å². The van der Waals surface area contributed by atoms with Crippen LogP contribution in [0.4, 0.5) is 0 Å². The van der Waals surface area contributed by atoms with Crippen LogP contribution in [0, 0.1) is 22.7 Å². The van der Waals surface area contributed by atoms with E-state index in [1.54, 1.807) is 0 Å². The van der Waals surface area contributed by atoms with Crippen molar-refractivity contribution in [3.8, 4) is 0 Å². The second-order valence-corrected chi connectivity index (χ2v) is 10.6. The van der Waals surface area contributed by atoms with Crippen molar-refractivity contribution in [1.29, 1.82) is 0 Å². The van der Waals surface area contributed by atoms with E-state index in [2.05, 4.69) is 48.5 Å². The van der Waals surface area contributed by atoms with Gasteiger partial charge in [-0.15, -0.1) is 0 Å². The van der Waals surface area contributed by atoms with Crippen LogP contribution in [-0.2, 0) is 0 Å². The Labute approximate surface area is 153 Å².